The molecule has 6 heteroatoms. The molecule has 0 spiro atoms. The lowest BCUT2D eigenvalue weighted by molar-refractivity contribution is 0.689. The molecule has 0 aromatic carbocycles. The second-order valence-electron chi connectivity index (χ2n) is 4.16. The van der Waals surface area contributed by atoms with Gasteiger partial charge in [-0.1, -0.05) is 11.6 Å². The fourth-order valence-electron chi connectivity index (χ4n) is 1.89. The number of nitrogens with two attached hydrogens (primary N) is 1. The summed E-state index contributed by atoms with van der Waals surface area (Å²) in [6, 6.07) is 3.59. The molecule has 0 aliphatic carbocycles. The second-order valence-corrected chi connectivity index (χ2v) is 5.37. The molecule has 0 saturated heterocycles. The van der Waals surface area contributed by atoms with Crippen LogP contribution in [0.2, 0.25) is 5.15 Å². The minimum absolute atomic E-state index is 0.207. The minimum Gasteiger partial charge on any atom is -0.322 e. The fourth-order valence-corrected chi connectivity index (χ4v) is 2.69. The molecule has 0 aliphatic heterocycles. The first-order valence-electron chi connectivity index (χ1n) is 5.54. The fraction of sp³-hybridized carbons (Fsp3) is 0.333. The monoisotopic (exact) mass is 328 g/mol. The third-order valence-corrected chi connectivity index (χ3v) is 3.98. The predicted octanol–water partition coefficient (Wildman–Crippen LogP) is 2.78. The van der Waals surface area contributed by atoms with E-state index < -0.39 is 0 Å². The molecule has 18 heavy (non-hydrogen) atoms. The molecular weight excluding hydrogens is 316 g/mol. The highest BCUT2D eigenvalue weighted by molar-refractivity contribution is 9.10. The van der Waals surface area contributed by atoms with Crippen molar-refractivity contribution in [3.8, 4) is 0 Å². The highest BCUT2D eigenvalue weighted by atomic mass is 79.9. The van der Waals surface area contributed by atoms with Gasteiger partial charge in [-0.25, -0.2) is 0 Å². The Kier molecular flexibility index (Phi) is 4.04. The number of pyridine rings is 1. The van der Waals surface area contributed by atoms with Crippen molar-refractivity contribution < 1.29 is 0 Å². The van der Waals surface area contributed by atoms with Crippen molar-refractivity contribution in [3.05, 3.63) is 44.9 Å². The van der Waals surface area contributed by atoms with Crippen LogP contribution in [0.15, 0.2) is 22.8 Å². The van der Waals surface area contributed by atoms with Crippen molar-refractivity contribution in [2.75, 3.05) is 0 Å². The van der Waals surface area contributed by atoms with E-state index in [2.05, 4.69) is 26.0 Å². The molecule has 2 aromatic heterocycles. The summed E-state index contributed by atoms with van der Waals surface area (Å²) in [6.45, 7) is 1.93. The number of rotatable bonds is 3. The molecule has 0 radical (unpaired) electrons. The van der Waals surface area contributed by atoms with E-state index in [1.807, 2.05) is 26.1 Å². The zero-order valence-electron chi connectivity index (χ0n) is 10.2. The van der Waals surface area contributed by atoms with Crippen molar-refractivity contribution in [3.63, 3.8) is 0 Å². The quantitative estimate of drug-likeness (QED) is 0.942. The maximum absolute atomic E-state index is 6.20. The first kappa shape index (κ1) is 13.5. The number of halogens is 2. The summed E-state index contributed by atoms with van der Waals surface area (Å²) < 4.78 is 2.57. The van der Waals surface area contributed by atoms with Crippen molar-refractivity contribution in [1.82, 2.24) is 14.8 Å². The molecule has 2 N–H and O–H groups in total. The number of nitrogens with zero attached hydrogens (tertiary/aromatic N) is 3. The maximum Gasteiger partial charge on any atom is 0.130 e. The lowest BCUT2D eigenvalue weighted by atomic mass is 10.0. The SMILES string of the molecule is Cc1nn(C)c(Cl)c1CC(N)c1ncccc1Br. The Balaban J connectivity index is 2.27. The van der Waals surface area contributed by atoms with Gasteiger partial charge >= 0.3 is 0 Å². The van der Waals surface area contributed by atoms with E-state index >= 15 is 0 Å². The van der Waals surface area contributed by atoms with Crippen LogP contribution in [-0.4, -0.2) is 14.8 Å². The highest BCUT2D eigenvalue weighted by Gasteiger charge is 2.18. The van der Waals surface area contributed by atoms with Gasteiger partial charge in [0, 0.05) is 23.3 Å². The first-order chi connectivity index (χ1) is 8.50. The van der Waals surface area contributed by atoms with Gasteiger partial charge in [0.05, 0.1) is 17.4 Å². The van der Waals surface area contributed by atoms with Gasteiger partial charge in [0.15, 0.2) is 0 Å². The standard InChI is InChI=1S/C12H14BrClN4/c1-7-8(12(14)18(2)17-7)6-10(15)11-9(13)4-3-5-16-11/h3-5,10H,6,15H2,1-2H3. The molecule has 2 heterocycles. The molecule has 4 nitrogen and oxygen atoms in total. The van der Waals surface area contributed by atoms with Crippen LogP contribution in [-0.2, 0) is 13.5 Å². The Morgan fingerprint density at radius 2 is 2.28 bits per heavy atom. The summed E-state index contributed by atoms with van der Waals surface area (Å²) in [4.78, 5) is 4.30. The van der Waals surface area contributed by atoms with Gasteiger partial charge in [-0.05, 0) is 41.4 Å². The van der Waals surface area contributed by atoms with E-state index in [0.29, 0.717) is 11.6 Å². The molecule has 1 atom stereocenters. The summed E-state index contributed by atoms with van der Waals surface area (Å²) in [7, 11) is 1.82. The van der Waals surface area contributed by atoms with Gasteiger partial charge in [-0.15, -0.1) is 0 Å². The molecule has 0 bridgehead atoms. The molecule has 96 valence electrons. The van der Waals surface area contributed by atoms with E-state index in [1.54, 1.807) is 10.9 Å². The number of hydrogen-bond acceptors (Lipinski definition) is 3. The minimum atomic E-state index is -0.207. The van der Waals surface area contributed by atoms with Crippen molar-refractivity contribution in [2.45, 2.75) is 19.4 Å². The Morgan fingerprint density at radius 3 is 2.83 bits per heavy atom. The van der Waals surface area contributed by atoms with Crippen molar-refractivity contribution in [1.29, 1.82) is 0 Å². The summed E-state index contributed by atoms with van der Waals surface area (Å²) in [5.74, 6) is 0. The Morgan fingerprint density at radius 1 is 1.56 bits per heavy atom. The van der Waals surface area contributed by atoms with Gasteiger partial charge < -0.3 is 5.73 Å². The summed E-state index contributed by atoms with van der Waals surface area (Å²) >= 11 is 9.65. The van der Waals surface area contributed by atoms with E-state index in [0.717, 1.165) is 21.4 Å². The van der Waals surface area contributed by atoms with Crippen LogP contribution in [0.5, 0.6) is 0 Å². The van der Waals surface area contributed by atoms with Crippen LogP contribution in [0, 0.1) is 6.92 Å². The average Bonchev–Trinajstić information content (AvgIpc) is 2.56. The smallest absolute Gasteiger partial charge is 0.130 e. The van der Waals surface area contributed by atoms with Crippen LogP contribution in [0.25, 0.3) is 0 Å². The Labute approximate surface area is 119 Å². The lowest BCUT2D eigenvalue weighted by Crippen LogP contribution is -2.16. The van der Waals surface area contributed by atoms with Crippen LogP contribution in [0.1, 0.15) is 23.0 Å². The van der Waals surface area contributed by atoms with E-state index in [1.165, 1.54) is 0 Å². The Hall–Kier alpha value is -0.910. The number of aryl methyl sites for hydroxylation is 2. The molecule has 0 aliphatic rings. The normalized spacial score (nSPS) is 12.7. The first-order valence-corrected chi connectivity index (χ1v) is 6.71. The van der Waals surface area contributed by atoms with Gasteiger partial charge in [0.2, 0.25) is 0 Å². The topological polar surface area (TPSA) is 56.7 Å². The molecule has 2 rings (SSSR count). The largest absolute Gasteiger partial charge is 0.322 e. The van der Waals surface area contributed by atoms with E-state index in [4.69, 9.17) is 17.3 Å². The summed E-state index contributed by atoms with van der Waals surface area (Å²) in [5.41, 5.74) is 8.90. The van der Waals surface area contributed by atoms with Crippen LogP contribution in [0.4, 0.5) is 0 Å². The predicted molar refractivity (Wildman–Crippen MR) is 75.5 cm³/mol. The highest BCUT2D eigenvalue weighted by Crippen LogP contribution is 2.26. The molecule has 0 saturated carbocycles. The van der Waals surface area contributed by atoms with Crippen molar-refractivity contribution >= 4 is 27.5 Å². The number of aromatic nitrogens is 3. The molecule has 2 aromatic rings. The zero-order chi connectivity index (χ0) is 13.3. The average molecular weight is 330 g/mol. The second kappa shape index (κ2) is 5.38. The van der Waals surface area contributed by atoms with Gasteiger partial charge in [-0.3, -0.25) is 9.67 Å². The summed E-state index contributed by atoms with van der Waals surface area (Å²) in [6.07, 6.45) is 2.35. The van der Waals surface area contributed by atoms with E-state index in [9.17, 15) is 0 Å². The van der Waals surface area contributed by atoms with Crippen LogP contribution < -0.4 is 5.73 Å². The molecule has 0 amide bonds. The third-order valence-electron chi connectivity index (χ3n) is 2.83. The molecule has 1 unspecified atom stereocenters. The van der Waals surface area contributed by atoms with Gasteiger partial charge in [0.25, 0.3) is 0 Å². The molecular formula is C12H14BrClN4. The van der Waals surface area contributed by atoms with Crippen LogP contribution >= 0.6 is 27.5 Å². The number of hydrogen-bond donors (Lipinski definition) is 1. The van der Waals surface area contributed by atoms with Crippen LogP contribution in [0.3, 0.4) is 0 Å². The maximum atomic E-state index is 6.20. The third kappa shape index (κ3) is 2.58. The van der Waals surface area contributed by atoms with Gasteiger partial charge in [0.1, 0.15) is 5.15 Å². The molecule has 0 fully saturated rings. The van der Waals surface area contributed by atoms with Gasteiger partial charge in [-0.2, -0.15) is 5.10 Å². The Bertz CT molecular complexity index is 567. The van der Waals surface area contributed by atoms with Crippen molar-refractivity contribution in [2.24, 2.45) is 12.8 Å². The zero-order valence-corrected chi connectivity index (χ0v) is 12.5. The summed E-state index contributed by atoms with van der Waals surface area (Å²) in [5, 5.41) is 4.91. The van der Waals surface area contributed by atoms with E-state index in [-0.39, 0.29) is 6.04 Å². The lowest BCUT2D eigenvalue weighted by Gasteiger charge is -2.12.